The molecular formula is C19H18ClF3N2O4S. The van der Waals surface area contributed by atoms with Gasteiger partial charge in [-0.2, -0.15) is 0 Å². The number of ether oxygens (including phenoxy) is 1. The number of hydrogen-bond donors (Lipinski definition) is 1. The van der Waals surface area contributed by atoms with Crippen molar-refractivity contribution in [2.45, 2.75) is 30.9 Å². The zero-order chi connectivity index (χ0) is 22.2. The lowest BCUT2D eigenvalue weighted by molar-refractivity contribution is -0.274. The van der Waals surface area contributed by atoms with Gasteiger partial charge in [0.25, 0.3) is 0 Å². The monoisotopic (exact) mass is 462 g/mol. The van der Waals surface area contributed by atoms with Gasteiger partial charge in [-0.1, -0.05) is 11.6 Å². The fraction of sp³-hybridized carbons (Fsp3) is 0.316. The number of nitrogens with zero attached hydrogens (tertiary/aromatic N) is 1. The van der Waals surface area contributed by atoms with Crippen molar-refractivity contribution < 1.29 is 31.1 Å². The Morgan fingerprint density at radius 2 is 1.73 bits per heavy atom. The Morgan fingerprint density at radius 1 is 1.13 bits per heavy atom. The molecule has 0 spiro atoms. The van der Waals surface area contributed by atoms with Crippen LogP contribution in [0.4, 0.5) is 24.5 Å². The van der Waals surface area contributed by atoms with Crippen molar-refractivity contribution in [1.82, 2.24) is 0 Å². The summed E-state index contributed by atoms with van der Waals surface area (Å²) < 4.78 is 66.5. The molecule has 6 nitrogen and oxygen atoms in total. The van der Waals surface area contributed by atoms with Crippen molar-refractivity contribution in [1.29, 1.82) is 0 Å². The third-order valence-electron chi connectivity index (χ3n) is 4.82. The van der Waals surface area contributed by atoms with Gasteiger partial charge in [-0.15, -0.1) is 13.2 Å². The Balaban J connectivity index is 1.81. The van der Waals surface area contributed by atoms with Gasteiger partial charge in [-0.3, -0.25) is 9.10 Å². The molecule has 1 heterocycles. The minimum atomic E-state index is -4.83. The van der Waals surface area contributed by atoms with Gasteiger partial charge in [0, 0.05) is 17.3 Å². The highest BCUT2D eigenvalue weighted by Gasteiger charge is 2.52. The maximum atomic E-state index is 13.2. The number of nitrogens with one attached hydrogen (secondary N) is 1. The number of benzene rings is 2. The van der Waals surface area contributed by atoms with Crippen LogP contribution in [0.5, 0.6) is 5.75 Å². The minimum absolute atomic E-state index is 0.0977. The number of alkyl halides is 3. The van der Waals surface area contributed by atoms with E-state index in [-0.39, 0.29) is 18.7 Å². The van der Waals surface area contributed by atoms with Crippen LogP contribution in [-0.4, -0.2) is 32.0 Å². The van der Waals surface area contributed by atoms with E-state index in [0.717, 1.165) is 12.1 Å². The molecular weight excluding hydrogens is 445 g/mol. The maximum Gasteiger partial charge on any atom is 0.573 e. The van der Waals surface area contributed by atoms with Crippen molar-refractivity contribution in [3.8, 4) is 5.75 Å². The van der Waals surface area contributed by atoms with E-state index < -0.39 is 32.8 Å². The van der Waals surface area contributed by atoms with E-state index in [9.17, 15) is 26.4 Å². The molecule has 162 valence electrons. The number of sulfonamides is 1. The molecule has 11 heteroatoms. The molecule has 2 aromatic rings. The second-order valence-electron chi connectivity index (χ2n) is 6.91. The summed E-state index contributed by atoms with van der Waals surface area (Å²) in [7, 11) is -4.08. The molecule has 0 aliphatic carbocycles. The van der Waals surface area contributed by atoms with Crippen molar-refractivity contribution in [3.05, 3.63) is 53.6 Å². The first-order chi connectivity index (χ1) is 13.9. The zero-order valence-electron chi connectivity index (χ0n) is 15.7. The Kier molecular flexibility index (Phi) is 5.92. The van der Waals surface area contributed by atoms with E-state index in [1.165, 1.54) is 23.4 Å². The molecule has 0 bridgehead atoms. The number of rotatable bonds is 4. The molecule has 0 saturated carbocycles. The molecule has 2 aromatic carbocycles. The Bertz CT molecular complexity index is 1030. The predicted octanol–water partition coefficient (Wildman–Crippen LogP) is 4.57. The summed E-state index contributed by atoms with van der Waals surface area (Å²) in [6, 6.07) is 10.7. The fourth-order valence-electron chi connectivity index (χ4n) is 3.16. The van der Waals surface area contributed by atoms with E-state index >= 15 is 0 Å². The van der Waals surface area contributed by atoms with E-state index in [4.69, 9.17) is 11.6 Å². The van der Waals surface area contributed by atoms with Gasteiger partial charge >= 0.3 is 6.36 Å². The predicted molar refractivity (Wildman–Crippen MR) is 107 cm³/mol. The number of halogens is 4. The summed E-state index contributed by atoms with van der Waals surface area (Å²) in [4.78, 5) is 12.9. The summed E-state index contributed by atoms with van der Waals surface area (Å²) in [5.74, 6) is -1.23. The highest BCUT2D eigenvalue weighted by molar-refractivity contribution is 7.95. The summed E-state index contributed by atoms with van der Waals surface area (Å²) in [5.41, 5.74) is 0.543. The highest BCUT2D eigenvalue weighted by Crippen LogP contribution is 2.36. The molecule has 1 atom stereocenters. The van der Waals surface area contributed by atoms with Crippen molar-refractivity contribution in [2.24, 2.45) is 0 Å². The van der Waals surface area contributed by atoms with Crippen LogP contribution in [0.1, 0.15) is 19.8 Å². The number of carbonyl (C=O) groups excluding carboxylic acids is 1. The fourth-order valence-corrected chi connectivity index (χ4v) is 5.23. The molecule has 0 aromatic heterocycles. The van der Waals surface area contributed by atoms with Crippen molar-refractivity contribution in [3.63, 3.8) is 0 Å². The Morgan fingerprint density at radius 3 is 2.30 bits per heavy atom. The van der Waals surface area contributed by atoms with Crippen LogP contribution < -0.4 is 14.4 Å². The van der Waals surface area contributed by atoms with Crippen LogP contribution in [-0.2, 0) is 14.8 Å². The van der Waals surface area contributed by atoms with Crippen LogP contribution in [0.25, 0.3) is 0 Å². The van der Waals surface area contributed by atoms with E-state index in [0.29, 0.717) is 17.1 Å². The Labute approximate surface area is 176 Å². The zero-order valence-corrected chi connectivity index (χ0v) is 17.3. The van der Waals surface area contributed by atoms with Gasteiger partial charge in [0.05, 0.1) is 5.69 Å². The van der Waals surface area contributed by atoms with E-state index in [1.54, 1.807) is 24.3 Å². The average molecular weight is 463 g/mol. The largest absolute Gasteiger partial charge is 0.573 e. The third kappa shape index (κ3) is 4.49. The van der Waals surface area contributed by atoms with Gasteiger partial charge in [0.15, 0.2) is 4.75 Å². The molecule has 1 aliphatic rings. The van der Waals surface area contributed by atoms with Gasteiger partial charge in [-0.05, 0) is 68.3 Å². The normalized spacial score (nSPS) is 21.2. The lowest BCUT2D eigenvalue weighted by atomic mass is 10.0. The second-order valence-corrected chi connectivity index (χ2v) is 9.64. The SMILES string of the molecule is C[C@@]1(C(=O)Nc2ccc(OC(F)(F)F)cc2)CCCN(c2ccc(Cl)cc2)S1(=O)=O. The van der Waals surface area contributed by atoms with Crippen molar-refractivity contribution >= 4 is 38.9 Å². The van der Waals surface area contributed by atoms with Crippen LogP contribution in [0.3, 0.4) is 0 Å². The smallest absolute Gasteiger partial charge is 0.406 e. The average Bonchev–Trinajstić information content (AvgIpc) is 2.65. The highest BCUT2D eigenvalue weighted by atomic mass is 35.5. The molecule has 1 aliphatic heterocycles. The quantitative estimate of drug-likeness (QED) is 0.722. The van der Waals surface area contributed by atoms with Gasteiger partial charge in [0.2, 0.25) is 15.9 Å². The number of anilines is 2. The minimum Gasteiger partial charge on any atom is -0.406 e. The molecule has 1 saturated heterocycles. The first kappa shape index (κ1) is 22.2. The van der Waals surface area contributed by atoms with Gasteiger partial charge < -0.3 is 10.1 Å². The number of hydrogen-bond acceptors (Lipinski definition) is 4. The van der Waals surface area contributed by atoms with Gasteiger partial charge in [-0.25, -0.2) is 8.42 Å². The first-order valence-corrected chi connectivity index (χ1v) is 10.7. The Hall–Kier alpha value is -2.46. The molecule has 0 radical (unpaired) electrons. The summed E-state index contributed by atoms with van der Waals surface area (Å²) in [5, 5.41) is 2.93. The van der Waals surface area contributed by atoms with Crippen LogP contribution >= 0.6 is 11.6 Å². The number of carbonyl (C=O) groups is 1. The van der Waals surface area contributed by atoms with Crippen LogP contribution in [0.2, 0.25) is 5.02 Å². The first-order valence-electron chi connectivity index (χ1n) is 8.87. The maximum absolute atomic E-state index is 13.2. The summed E-state index contributed by atoms with van der Waals surface area (Å²) >= 11 is 5.86. The molecule has 0 unspecified atom stereocenters. The molecule has 3 rings (SSSR count). The van der Waals surface area contributed by atoms with Crippen LogP contribution in [0, 0.1) is 0 Å². The van der Waals surface area contributed by atoms with Crippen LogP contribution in [0.15, 0.2) is 48.5 Å². The second kappa shape index (κ2) is 7.99. The lowest BCUT2D eigenvalue weighted by Crippen LogP contribution is -2.57. The third-order valence-corrected chi connectivity index (χ3v) is 7.57. The van der Waals surface area contributed by atoms with E-state index in [2.05, 4.69) is 10.1 Å². The summed E-state index contributed by atoms with van der Waals surface area (Å²) in [6.07, 6.45) is -4.29. The summed E-state index contributed by atoms with van der Waals surface area (Å²) in [6.45, 7) is 1.55. The molecule has 30 heavy (non-hydrogen) atoms. The number of amides is 1. The van der Waals surface area contributed by atoms with E-state index in [1.807, 2.05) is 0 Å². The van der Waals surface area contributed by atoms with Crippen molar-refractivity contribution in [2.75, 3.05) is 16.2 Å². The molecule has 1 N–H and O–H groups in total. The molecule has 1 fully saturated rings. The lowest BCUT2D eigenvalue weighted by Gasteiger charge is -2.39. The standard InChI is InChI=1S/C19H18ClF3N2O4S/c1-18(17(26)24-14-5-9-16(10-6-14)29-19(21,22)23)11-2-12-25(30(18,27)28)15-7-3-13(20)4-8-15/h3-10H,2,11-12H2,1H3,(H,24,26)/t18-/m0/s1. The molecule has 1 amide bonds. The van der Waals surface area contributed by atoms with Gasteiger partial charge in [0.1, 0.15) is 5.75 Å². The topological polar surface area (TPSA) is 75.7 Å².